The van der Waals surface area contributed by atoms with Crippen molar-refractivity contribution in [1.29, 1.82) is 0 Å². The lowest BCUT2D eigenvalue weighted by Gasteiger charge is -2.11. The predicted molar refractivity (Wildman–Crippen MR) is 106 cm³/mol. The Bertz CT molecular complexity index is 962. The van der Waals surface area contributed by atoms with Gasteiger partial charge >= 0.3 is 5.97 Å². The van der Waals surface area contributed by atoms with Gasteiger partial charge in [-0.1, -0.05) is 24.3 Å². The molecule has 0 aliphatic carbocycles. The van der Waals surface area contributed by atoms with Crippen molar-refractivity contribution < 1.29 is 19.0 Å². The summed E-state index contributed by atoms with van der Waals surface area (Å²) in [5.41, 5.74) is 2.73. The minimum absolute atomic E-state index is 0.238. The second-order valence-electron chi connectivity index (χ2n) is 5.92. The maximum Gasteiger partial charge on any atom is 0.335 e. The summed E-state index contributed by atoms with van der Waals surface area (Å²) in [4.78, 5) is 11.0. The fraction of sp³-hybridized carbons (Fsp3) is 0.0952. The fourth-order valence-electron chi connectivity index (χ4n) is 2.53. The number of carbonyl (C=O) groups is 1. The molecule has 0 atom stereocenters. The van der Waals surface area contributed by atoms with Crippen molar-refractivity contribution in [3.63, 3.8) is 0 Å². The van der Waals surface area contributed by atoms with Crippen LogP contribution in [-0.4, -0.2) is 11.1 Å². The first-order chi connectivity index (χ1) is 13.0. The summed E-state index contributed by atoms with van der Waals surface area (Å²) < 4.78 is 19.7. The number of hydrogen-bond donors (Lipinski definition) is 2. The van der Waals surface area contributed by atoms with Crippen molar-refractivity contribution in [3.05, 3.63) is 93.7 Å². The summed E-state index contributed by atoms with van der Waals surface area (Å²) in [6, 6.07) is 18.6. The molecule has 0 fully saturated rings. The topological polar surface area (TPSA) is 58.6 Å². The van der Waals surface area contributed by atoms with Crippen molar-refractivity contribution >= 4 is 27.6 Å². The molecule has 0 saturated heterocycles. The van der Waals surface area contributed by atoms with E-state index in [9.17, 15) is 9.18 Å². The van der Waals surface area contributed by atoms with E-state index < -0.39 is 5.97 Å². The van der Waals surface area contributed by atoms with E-state index in [1.54, 1.807) is 30.3 Å². The van der Waals surface area contributed by atoms with E-state index in [1.165, 1.54) is 12.1 Å². The van der Waals surface area contributed by atoms with Gasteiger partial charge in [-0.25, -0.2) is 9.18 Å². The quantitative estimate of drug-likeness (QED) is 0.522. The standard InChI is InChI=1S/C21H17BrFNO3/c22-19-10-14(12-24-18-6-2-4-16(11-18)21(25)26)7-8-20(19)27-13-15-3-1-5-17(23)9-15/h1-11,24H,12-13H2,(H,25,26). The molecule has 3 aromatic rings. The Kier molecular flexibility index (Phi) is 6.08. The predicted octanol–water partition coefficient (Wildman–Crippen LogP) is 5.48. The first-order valence-corrected chi connectivity index (χ1v) is 9.03. The number of rotatable bonds is 7. The van der Waals surface area contributed by atoms with Crippen LogP contribution < -0.4 is 10.1 Å². The Labute approximate surface area is 164 Å². The molecule has 2 N–H and O–H groups in total. The van der Waals surface area contributed by atoms with Gasteiger partial charge in [-0.3, -0.25) is 0 Å². The lowest BCUT2D eigenvalue weighted by Crippen LogP contribution is -2.02. The molecule has 0 amide bonds. The number of nitrogens with one attached hydrogen (secondary N) is 1. The summed E-state index contributed by atoms with van der Waals surface area (Å²) in [5, 5.41) is 12.2. The van der Waals surface area contributed by atoms with Crippen LogP contribution in [0.5, 0.6) is 5.75 Å². The second-order valence-corrected chi connectivity index (χ2v) is 6.78. The third-order valence-corrected chi connectivity index (χ3v) is 4.51. The normalized spacial score (nSPS) is 10.4. The molecule has 0 aliphatic heterocycles. The molecule has 4 nitrogen and oxygen atoms in total. The monoisotopic (exact) mass is 429 g/mol. The number of aromatic carboxylic acids is 1. The molecule has 0 unspecified atom stereocenters. The van der Waals surface area contributed by atoms with E-state index in [-0.39, 0.29) is 18.0 Å². The van der Waals surface area contributed by atoms with Gasteiger partial charge < -0.3 is 15.2 Å². The highest BCUT2D eigenvalue weighted by Gasteiger charge is 2.06. The highest BCUT2D eigenvalue weighted by molar-refractivity contribution is 9.10. The molecule has 0 spiro atoms. The van der Waals surface area contributed by atoms with Crippen LogP contribution in [0, 0.1) is 5.82 Å². The molecule has 6 heteroatoms. The molecule has 0 aromatic heterocycles. The van der Waals surface area contributed by atoms with Gasteiger partial charge in [-0.2, -0.15) is 0 Å². The molecule has 3 rings (SSSR count). The highest BCUT2D eigenvalue weighted by atomic mass is 79.9. The number of ether oxygens (including phenoxy) is 1. The van der Waals surface area contributed by atoms with Crippen LogP contribution in [0.25, 0.3) is 0 Å². The van der Waals surface area contributed by atoms with Crippen LogP contribution in [0.3, 0.4) is 0 Å². The molecular formula is C21H17BrFNO3. The number of benzene rings is 3. The van der Waals surface area contributed by atoms with Gasteiger partial charge in [0.2, 0.25) is 0 Å². The third kappa shape index (κ3) is 5.31. The molecule has 27 heavy (non-hydrogen) atoms. The van der Waals surface area contributed by atoms with Crippen LogP contribution in [0.15, 0.2) is 71.2 Å². The lowest BCUT2D eigenvalue weighted by atomic mass is 10.2. The smallest absolute Gasteiger partial charge is 0.335 e. The third-order valence-electron chi connectivity index (χ3n) is 3.89. The van der Waals surface area contributed by atoms with Crippen LogP contribution in [0.4, 0.5) is 10.1 Å². The van der Waals surface area contributed by atoms with Crippen LogP contribution >= 0.6 is 15.9 Å². The summed E-state index contributed by atoms with van der Waals surface area (Å²) in [7, 11) is 0. The van der Waals surface area contributed by atoms with E-state index in [0.29, 0.717) is 12.3 Å². The summed E-state index contributed by atoms with van der Waals surface area (Å²) in [6.07, 6.45) is 0. The van der Waals surface area contributed by atoms with E-state index in [0.717, 1.165) is 21.3 Å². The number of carboxylic acid groups (broad SMARTS) is 1. The first-order valence-electron chi connectivity index (χ1n) is 8.24. The van der Waals surface area contributed by atoms with Crippen LogP contribution in [-0.2, 0) is 13.2 Å². The molecule has 0 saturated carbocycles. The van der Waals surface area contributed by atoms with Crippen molar-refractivity contribution in [3.8, 4) is 5.75 Å². The maximum atomic E-state index is 13.2. The zero-order valence-electron chi connectivity index (χ0n) is 14.3. The van der Waals surface area contributed by atoms with Crippen molar-refractivity contribution in [2.24, 2.45) is 0 Å². The Balaban J connectivity index is 1.61. The van der Waals surface area contributed by atoms with Gasteiger partial charge in [-0.15, -0.1) is 0 Å². The number of halogens is 2. The largest absolute Gasteiger partial charge is 0.488 e. The van der Waals surface area contributed by atoms with Crippen molar-refractivity contribution in [2.75, 3.05) is 5.32 Å². The SMILES string of the molecule is O=C(O)c1cccc(NCc2ccc(OCc3cccc(F)c3)c(Br)c2)c1. The minimum Gasteiger partial charge on any atom is -0.488 e. The van der Waals surface area contributed by atoms with E-state index in [2.05, 4.69) is 21.2 Å². The number of anilines is 1. The lowest BCUT2D eigenvalue weighted by molar-refractivity contribution is 0.0697. The molecule has 0 radical (unpaired) electrons. The number of hydrogen-bond acceptors (Lipinski definition) is 3. The van der Waals surface area contributed by atoms with Gasteiger partial charge in [0.1, 0.15) is 18.2 Å². The molecular weight excluding hydrogens is 413 g/mol. The first kappa shape index (κ1) is 18.9. The Hall–Kier alpha value is -2.86. The molecule has 0 heterocycles. The second kappa shape index (κ2) is 8.68. The summed E-state index contributed by atoms with van der Waals surface area (Å²) in [5.74, 6) is -0.583. The van der Waals surface area contributed by atoms with Gasteiger partial charge in [0.25, 0.3) is 0 Å². The average molecular weight is 430 g/mol. The maximum absolute atomic E-state index is 13.2. The highest BCUT2D eigenvalue weighted by Crippen LogP contribution is 2.27. The van der Waals surface area contributed by atoms with Crippen LogP contribution in [0.1, 0.15) is 21.5 Å². The van der Waals surface area contributed by atoms with E-state index in [4.69, 9.17) is 9.84 Å². The van der Waals surface area contributed by atoms with Gasteiger partial charge in [-0.05, 0) is 69.5 Å². The zero-order chi connectivity index (χ0) is 19.2. The molecule has 138 valence electrons. The average Bonchev–Trinajstić information content (AvgIpc) is 2.66. The van der Waals surface area contributed by atoms with E-state index in [1.807, 2.05) is 24.3 Å². The van der Waals surface area contributed by atoms with E-state index >= 15 is 0 Å². The van der Waals surface area contributed by atoms with Gasteiger partial charge in [0, 0.05) is 12.2 Å². The molecule has 0 bridgehead atoms. The van der Waals surface area contributed by atoms with Crippen molar-refractivity contribution in [2.45, 2.75) is 13.2 Å². The Morgan fingerprint density at radius 3 is 2.59 bits per heavy atom. The Morgan fingerprint density at radius 1 is 1.04 bits per heavy atom. The Morgan fingerprint density at radius 2 is 1.85 bits per heavy atom. The van der Waals surface area contributed by atoms with Gasteiger partial charge in [0.15, 0.2) is 0 Å². The van der Waals surface area contributed by atoms with Gasteiger partial charge in [0.05, 0.1) is 10.0 Å². The number of carboxylic acids is 1. The minimum atomic E-state index is -0.957. The molecule has 0 aliphatic rings. The van der Waals surface area contributed by atoms with Crippen LogP contribution in [0.2, 0.25) is 0 Å². The summed E-state index contributed by atoms with van der Waals surface area (Å²) >= 11 is 3.49. The zero-order valence-corrected chi connectivity index (χ0v) is 15.9. The van der Waals surface area contributed by atoms with Crippen molar-refractivity contribution in [1.82, 2.24) is 0 Å². The fourth-order valence-corrected chi connectivity index (χ4v) is 3.07. The summed E-state index contributed by atoms with van der Waals surface area (Å²) in [6.45, 7) is 0.807. The molecule has 3 aromatic carbocycles.